The lowest BCUT2D eigenvalue weighted by Crippen LogP contribution is -2.38. The molecule has 0 atom stereocenters. The van der Waals surface area contributed by atoms with Gasteiger partial charge in [-0.3, -0.25) is 0 Å². The van der Waals surface area contributed by atoms with Gasteiger partial charge in [-0.2, -0.15) is 0 Å². The highest BCUT2D eigenvalue weighted by Crippen LogP contribution is 2.23. The quantitative estimate of drug-likeness (QED) is 0.579. The second-order valence-corrected chi connectivity index (χ2v) is 8.69. The lowest BCUT2D eigenvalue weighted by atomic mass is 10.2. The highest BCUT2D eigenvalue weighted by Gasteiger charge is 2.30. The van der Waals surface area contributed by atoms with Crippen molar-refractivity contribution in [3.05, 3.63) is 35.1 Å². The smallest absolute Gasteiger partial charge is 0.196 e. The summed E-state index contributed by atoms with van der Waals surface area (Å²) in [7, 11) is -0.343. The predicted molar refractivity (Wildman–Crippen MR) is 63.7 cm³/mol. The Hall–Kier alpha value is -0.813. The van der Waals surface area contributed by atoms with Crippen molar-refractivity contribution in [2.45, 2.75) is 32.0 Å². The van der Waals surface area contributed by atoms with E-state index in [-0.39, 0.29) is 0 Å². The largest absolute Gasteiger partial charge is 0.420 e. The Bertz CT molecular complexity index is 360. The third-order valence-corrected chi connectivity index (χ3v) is 7.79. The zero-order valence-corrected chi connectivity index (χ0v) is 11.3. The van der Waals surface area contributed by atoms with Crippen LogP contribution in [0.25, 0.3) is 0 Å². The minimum atomic E-state index is -1.98. The molecule has 1 rings (SSSR count). The maximum absolute atomic E-state index is 13.1. The molecule has 0 N–H and O–H groups in total. The molecule has 96 valence electrons. The molecule has 0 aliphatic heterocycles. The summed E-state index contributed by atoms with van der Waals surface area (Å²) in [5, 5.41) is 0. The molecule has 0 radical (unpaired) electrons. The summed E-state index contributed by atoms with van der Waals surface area (Å²) in [6.45, 7) is 4.02. The summed E-state index contributed by atoms with van der Waals surface area (Å²) in [6.07, 6.45) is 0. The summed E-state index contributed by atoms with van der Waals surface area (Å²) >= 11 is 0. The molecule has 0 heterocycles. The zero-order valence-electron chi connectivity index (χ0n) is 10.3. The number of benzene rings is 1. The van der Waals surface area contributed by atoms with E-state index in [1.165, 1.54) is 0 Å². The van der Waals surface area contributed by atoms with Crippen LogP contribution in [0.3, 0.4) is 0 Å². The van der Waals surface area contributed by atoms with Gasteiger partial charge in [-0.15, -0.1) is 0 Å². The fourth-order valence-electron chi connectivity index (χ4n) is 1.94. The van der Waals surface area contributed by atoms with E-state index in [0.717, 1.165) is 24.2 Å². The van der Waals surface area contributed by atoms with Crippen LogP contribution in [0.5, 0.6) is 0 Å². The normalized spacial score (nSPS) is 11.9. The van der Waals surface area contributed by atoms with Crippen LogP contribution in [0.4, 0.5) is 13.2 Å². The van der Waals surface area contributed by atoms with E-state index in [2.05, 4.69) is 0 Å². The first-order valence-electron chi connectivity index (χ1n) is 5.66. The molecule has 0 aromatic heterocycles. The Labute approximate surface area is 101 Å². The highest BCUT2D eigenvalue weighted by molar-refractivity contribution is 6.73. The molecule has 5 heteroatoms. The molecule has 0 amide bonds. The lowest BCUT2D eigenvalue weighted by Gasteiger charge is -2.27. The van der Waals surface area contributed by atoms with Crippen LogP contribution in [0.15, 0.2) is 12.1 Å². The van der Waals surface area contributed by atoms with E-state index in [4.69, 9.17) is 4.43 Å². The van der Waals surface area contributed by atoms with E-state index in [1.54, 1.807) is 7.11 Å². The average Bonchev–Trinajstić information content (AvgIpc) is 2.33. The zero-order chi connectivity index (χ0) is 13.1. The van der Waals surface area contributed by atoms with Crippen LogP contribution >= 0.6 is 0 Å². The Morgan fingerprint density at radius 3 is 1.88 bits per heavy atom. The molecule has 0 aliphatic carbocycles. The third-order valence-electron chi connectivity index (χ3n) is 3.29. The standard InChI is InChI=1S/C12H17F3OSi/c1-4-17(5-2,16-3)8-9-6-10(13)12(15)11(14)7-9/h6-7H,4-5,8H2,1-3H3. The molecule has 1 nitrogen and oxygen atoms in total. The SMILES string of the molecule is CC[Si](CC)(Cc1cc(F)c(F)c(F)c1)OC. The van der Waals surface area contributed by atoms with Crippen molar-refractivity contribution in [2.75, 3.05) is 7.11 Å². The molecule has 0 bridgehead atoms. The molecular weight excluding hydrogens is 245 g/mol. The first kappa shape index (κ1) is 14.2. The summed E-state index contributed by atoms with van der Waals surface area (Å²) in [4.78, 5) is 0. The Balaban J connectivity index is 3.02. The van der Waals surface area contributed by atoms with Crippen LogP contribution in [-0.4, -0.2) is 15.4 Å². The molecule has 0 spiro atoms. The molecule has 0 aliphatic rings. The Kier molecular flexibility index (Phi) is 4.77. The summed E-state index contributed by atoms with van der Waals surface area (Å²) < 4.78 is 44.5. The van der Waals surface area contributed by atoms with Crippen molar-refractivity contribution in [3.63, 3.8) is 0 Å². The van der Waals surface area contributed by atoms with Crippen LogP contribution < -0.4 is 0 Å². The Morgan fingerprint density at radius 2 is 1.53 bits per heavy atom. The number of rotatable bonds is 5. The second kappa shape index (κ2) is 5.69. The summed E-state index contributed by atoms with van der Waals surface area (Å²) in [5.41, 5.74) is 0.471. The van der Waals surface area contributed by atoms with E-state index < -0.39 is 25.8 Å². The topological polar surface area (TPSA) is 9.23 Å². The monoisotopic (exact) mass is 262 g/mol. The fraction of sp³-hybridized carbons (Fsp3) is 0.500. The van der Waals surface area contributed by atoms with Gasteiger partial charge in [0, 0.05) is 7.11 Å². The van der Waals surface area contributed by atoms with E-state index >= 15 is 0 Å². The van der Waals surface area contributed by atoms with Crippen molar-refractivity contribution < 1.29 is 17.6 Å². The van der Waals surface area contributed by atoms with Crippen LogP contribution in [0, 0.1) is 17.5 Å². The molecule has 1 aromatic carbocycles. The number of hydrogen-bond acceptors (Lipinski definition) is 1. The van der Waals surface area contributed by atoms with Crippen molar-refractivity contribution in [2.24, 2.45) is 0 Å². The first-order chi connectivity index (χ1) is 7.98. The fourth-order valence-corrected chi connectivity index (χ4v) is 4.61. The molecule has 0 saturated carbocycles. The van der Waals surface area contributed by atoms with Crippen LogP contribution in [0.2, 0.25) is 12.1 Å². The van der Waals surface area contributed by atoms with E-state index in [0.29, 0.717) is 11.6 Å². The molecule has 17 heavy (non-hydrogen) atoms. The summed E-state index contributed by atoms with van der Waals surface area (Å²) in [5.74, 6) is -3.68. The van der Waals surface area contributed by atoms with Gasteiger partial charge in [-0.1, -0.05) is 13.8 Å². The first-order valence-corrected chi connectivity index (χ1v) is 8.19. The van der Waals surface area contributed by atoms with Gasteiger partial charge in [0.1, 0.15) is 0 Å². The van der Waals surface area contributed by atoms with Crippen molar-refractivity contribution in [1.82, 2.24) is 0 Å². The van der Waals surface area contributed by atoms with Crippen molar-refractivity contribution >= 4 is 8.32 Å². The minimum Gasteiger partial charge on any atom is -0.420 e. The van der Waals surface area contributed by atoms with Gasteiger partial charge in [-0.05, 0) is 35.8 Å². The summed E-state index contributed by atoms with van der Waals surface area (Å²) in [6, 6.07) is 4.35. The van der Waals surface area contributed by atoms with E-state index in [1.807, 2.05) is 13.8 Å². The second-order valence-electron chi connectivity index (χ2n) is 4.14. The van der Waals surface area contributed by atoms with Gasteiger partial charge in [0.05, 0.1) is 0 Å². The highest BCUT2D eigenvalue weighted by atomic mass is 28.4. The van der Waals surface area contributed by atoms with Gasteiger partial charge in [0.25, 0.3) is 0 Å². The molecule has 0 unspecified atom stereocenters. The van der Waals surface area contributed by atoms with Gasteiger partial charge in [0.2, 0.25) is 0 Å². The van der Waals surface area contributed by atoms with Crippen LogP contribution in [0.1, 0.15) is 19.4 Å². The van der Waals surface area contributed by atoms with Gasteiger partial charge >= 0.3 is 0 Å². The maximum Gasteiger partial charge on any atom is 0.196 e. The molecule has 0 saturated heterocycles. The molecule has 0 fully saturated rings. The lowest BCUT2D eigenvalue weighted by molar-refractivity contribution is 0.390. The number of halogens is 3. The third kappa shape index (κ3) is 3.10. The average molecular weight is 262 g/mol. The van der Waals surface area contributed by atoms with Crippen molar-refractivity contribution in [3.8, 4) is 0 Å². The van der Waals surface area contributed by atoms with Gasteiger partial charge in [0.15, 0.2) is 25.8 Å². The minimum absolute atomic E-state index is 0.471. The van der Waals surface area contributed by atoms with Gasteiger partial charge in [-0.25, -0.2) is 13.2 Å². The predicted octanol–water partition coefficient (Wildman–Crippen LogP) is 3.82. The van der Waals surface area contributed by atoms with Crippen LogP contribution in [-0.2, 0) is 10.5 Å². The van der Waals surface area contributed by atoms with E-state index in [9.17, 15) is 13.2 Å². The van der Waals surface area contributed by atoms with Gasteiger partial charge < -0.3 is 4.43 Å². The molecule has 1 aromatic rings. The molecular formula is C12H17F3OSi. The number of hydrogen-bond donors (Lipinski definition) is 0. The van der Waals surface area contributed by atoms with Crippen molar-refractivity contribution in [1.29, 1.82) is 0 Å². The maximum atomic E-state index is 13.1. The Morgan fingerprint density at radius 1 is 1.06 bits per heavy atom.